The zero-order chi connectivity index (χ0) is 11.6. The van der Waals surface area contributed by atoms with Crippen molar-refractivity contribution in [2.75, 3.05) is 7.05 Å². The Hall–Kier alpha value is -1.06. The third-order valence-corrected chi connectivity index (χ3v) is 3.36. The van der Waals surface area contributed by atoms with E-state index in [1.807, 2.05) is 0 Å². The van der Waals surface area contributed by atoms with Crippen LogP contribution in [-0.4, -0.2) is 35.0 Å². The van der Waals surface area contributed by atoms with Gasteiger partial charge in [0.2, 0.25) is 0 Å². The van der Waals surface area contributed by atoms with Crippen molar-refractivity contribution in [3.63, 3.8) is 0 Å². The van der Waals surface area contributed by atoms with E-state index in [2.05, 4.69) is 13.8 Å². The van der Waals surface area contributed by atoms with Crippen molar-refractivity contribution in [3.05, 3.63) is 0 Å². The third-order valence-electron chi connectivity index (χ3n) is 3.36. The highest BCUT2D eigenvalue weighted by molar-refractivity contribution is 6.31. The molecule has 1 fully saturated rings. The Morgan fingerprint density at radius 2 is 1.73 bits per heavy atom. The lowest BCUT2D eigenvalue weighted by Gasteiger charge is -2.38. The summed E-state index contributed by atoms with van der Waals surface area (Å²) in [5.74, 6) is -2.15. The highest BCUT2D eigenvalue weighted by Gasteiger charge is 2.32. The second kappa shape index (κ2) is 4.21. The Bertz CT molecular complexity index is 263. The number of amides is 1. The number of hydrogen-bond acceptors (Lipinski definition) is 2. The molecule has 1 N–H and O–H groups in total. The minimum absolute atomic E-state index is 0.0987. The molecule has 0 aliphatic heterocycles. The summed E-state index contributed by atoms with van der Waals surface area (Å²) in [5, 5.41) is 8.59. The average Bonchev–Trinajstić information content (AvgIpc) is 2.15. The van der Waals surface area contributed by atoms with Gasteiger partial charge in [-0.1, -0.05) is 13.8 Å². The van der Waals surface area contributed by atoms with Crippen LogP contribution in [0.15, 0.2) is 0 Å². The van der Waals surface area contributed by atoms with Gasteiger partial charge in [-0.25, -0.2) is 4.79 Å². The number of likely N-dealkylation sites (N-methyl/N-ethyl adjacent to an activating group) is 1. The molecule has 15 heavy (non-hydrogen) atoms. The van der Waals surface area contributed by atoms with E-state index < -0.39 is 11.9 Å². The lowest BCUT2D eigenvalue weighted by atomic mass is 9.75. The van der Waals surface area contributed by atoms with Gasteiger partial charge < -0.3 is 10.0 Å². The fraction of sp³-hybridized carbons (Fsp3) is 0.818. The minimum atomic E-state index is -1.36. The molecule has 0 aromatic carbocycles. The molecule has 1 amide bonds. The van der Waals surface area contributed by atoms with Crippen molar-refractivity contribution in [2.45, 2.75) is 45.6 Å². The van der Waals surface area contributed by atoms with Crippen LogP contribution in [0.1, 0.15) is 39.5 Å². The molecule has 0 spiro atoms. The van der Waals surface area contributed by atoms with E-state index in [9.17, 15) is 9.59 Å². The quantitative estimate of drug-likeness (QED) is 0.671. The number of aliphatic carboxylic acids is 1. The van der Waals surface area contributed by atoms with Crippen molar-refractivity contribution in [1.82, 2.24) is 4.90 Å². The summed E-state index contributed by atoms with van der Waals surface area (Å²) < 4.78 is 0. The molecule has 1 aliphatic rings. The van der Waals surface area contributed by atoms with Crippen LogP contribution in [0.3, 0.4) is 0 Å². The van der Waals surface area contributed by atoms with Gasteiger partial charge in [0.15, 0.2) is 0 Å². The molecule has 0 saturated heterocycles. The van der Waals surface area contributed by atoms with Crippen molar-refractivity contribution in [1.29, 1.82) is 0 Å². The molecule has 1 rings (SSSR count). The molecule has 1 aliphatic carbocycles. The SMILES string of the molecule is CN(C(=O)C(=O)O)C1CCC(C)(C)CC1. The zero-order valence-corrected chi connectivity index (χ0v) is 9.62. The largest absolute Gasteiger partial charge is 0.474 e. The summed E-state index contributed by atoms with van der Waals surface area (Å²) in [7, 11) is 1.58. The predicted octanol–water partition coefficient (Wildman–Crippen LogP) is 1.50. The molecule has 0 unspecified atom stereocenters. The van der Waals surface area contributed by atoms with Crippen LogP contribution in [0, 0.1) is 5.41 Å². The number of rotatable bonds is 1. The maximum Gasteiger partial charge on any atom is 0.394 e. The first-order valence-electron chi connectivity index (χ1n) is 5.33. The first-order valence-corrected chi connectivity index (χ1v) is 5.33. The fourth-order valence-electron chi connectivity index (χ4n) is 2.09. The smallest absolute Gasteiger partial charge is 0.394 e. The third kappa shape index (κ3) is 2.94. The first-order chi connectivity index (χ1) is 6.83. The molecule has 1 saturated carbocycles. The minimum Gasteiger partial charge on any atom is -0.474 e. The van der Waals surface area contributed by atoms with Gasteiger partial charge >= 0.3 is 11.9 Å². The van der Waals surface area contributed by atoms with E-state index in [1.54, 1.807) is 7.05 Å². The number of carbonyl (C=O) groups excluding carboxylic acids is 1. The van der Waals surface area contributed by atoms with Crippen molar-refractivity contribution in [2.24, 2.45) is 5.41 Å². The molecule has 0 bridgehead atoms. The normalized spacial score (nSPS) is 21.0. The van der Waals surface area contributed by atoms with Gasteiger partial charge in [0, 0.05) is 13.1 Å². The Morgan fingerprint density at radius 1 is 1.27 bits per heavy atom. The molecule has 86 valence electrons. The topological polar surface area (TPSA) is 57.6 Å². The highest BCUT2D eigenvalue weighted by atomic mass is 16.4. The zero-order valence-electron chi connectivity index (χ0n) is 9.62. The van der Waals surface area contributed by atoms with E-state index in [1.165, 1.54) is 4.90 Å². The number of carboxylic acids is 1. The van der Waals surface area contributed by atoms with E-state index in [0.717, 1.165) is 25.7 Å². The van der Waals surface area contributed by atoms with Gasteiger partial charge in [-0.05, 0) is 31.1 Å². The summed E-state index contributed by atoms with van der Waals surface area (Å²) in [4.78, 5) is 23.1. The van der Waals surface area contributed by atoms with Crippen molar-refractivity contribution in [3.8, 4) is 0 Å². The molecule has 4 nitrogen and oxygen atoms in total. The Labute approximate surface area is 90.3 Å². The maximum absolute atomic E-state index is 11.2. The van der Waals surface area contributed by atoms with Crippen molar-refractivity contribution >= 4 is 11.9 Å². The van der Waals surface area contributed by atoms with Crippen LogP contribution in [0.2, 0.25) is 0 Å². The number of hydrogen-bond donors (Lipinski definition) is 1. The average molecular weight is 213 g/mol. The van der Waals surface area contributed by atoms with Gasteiger partial charge in [0.1, 0.15) is 0 Å². The summed E-state index contributed by atoms with van der Waals surface area (Å²) in [6.45, 7) is 4.42. The van der Waals surface area contributed by atoms with Gasteiger partial charge in [-0.15, -0.1) is 0 Å². The summed E-state index contributed by atoms with van der Waals surface area (Å²) in [6.07, 6.45) is 3.91. The van der Waals surface area contributed by atoms with Gasteiger partial charge in [-0.2, -0.15) is 0 Å². The Kier molecular flexibility index (Phi) is 3.37. The van der Waals surface area contributed by atoms with Crippen LogP contribution in [-0.2, 0) is 9.59 Å². The monoisotopic (exact) mass is 213 g/mol. The molecule has 0 heterocycles. The van der Waals surface area contributed by atoms with Crippen LogP contribution in [0.25, 0.3) is 0 Å². The lowest BCUT2D eigenvalue weighted by molar-refractivity contribution is -0.156. The molecule has 4 heteroatoms. The Morgan fingerprint density at radius 3 is 2.13 bits per heavy atom. The van der Waals surface area contributed by atoms with E-state index >= 15 is 0 Å². The van der Waals surface area contributed by atoms with Gasteiger partial charge in [0.05, 0.1) is 0 Å². The van der Waals surface area contributed by atoms with E-state index in [0.29, 0.717) is 5.41 Å². The number of nitrogens with zero attached hydrogens (tertiary/aromatic N) is 1. The van der Waals surface area contributed by atoms with Crippen LogP contribution in [0.4, 0.5) is 0 Å². The number of carbonyl (C=O) groups is 2. The van der Waals surface area contributed by atoms with Crippen molar-refractivity contribution < 1.29 is 14.7 Å². The van der Waals surface area contributed by atoms with E-state index in [4.69, 9.17) is 5.11 Å². The lowest BCUT2D eigenvalue weighted by Crippen LogP contribution is -2.43. The molecular weight excluding hydrogens is 194 g/mol. The van der Waals surface area contributed by atoms with Gasteiger partial charge in [-0.3, -0.25) is 4.79 Å². The summed E-state index contributed by atoms with van der Waals surface area (Å²) >= 11 is 0. The molecular formula is C11H19NO3. The predicted molar refractivity (Wildman–Crippen MR) is 56.4 cm³/mol. The summed E-state index contributed by atoms with van der Waals surface area (Å²) in [5.41, 5.74) is 0.337. The molecule has 0 aromatic heterocycles. The van der Waals surface area contributed by atoms with Gasteiger partial charge in [0.25, 0.3) is 0 Å². The summed E-state index contributed by atoms with van der Waals surface area (Å²) in [6, 6.07) is 0.0987. The fourth-order valence-corrected chi connectivity index (χ4v) is 2.09. The second-order valence-electron chi connectivity index (χ2n) is 5.12. The van der Waals surface area contributed by atoms with Crippen LogP contribution < -0.4 is 0 Å². The van der Waals surface area contributed by atoms with Crippen LogP contribution in [0.5, 0.6) is 0 Å². The molecule has 0 radical (unpaired) electrons. The molecule has 0 atom stereocenters. The number of carboxylic acid groups (broad SMARTS) is 1. The van der Waals surface area contributed by atoms with Crippen LogP contribution >= 0.6 is 0 Å². The Balaban J connectivity index is 2.53. The molecule has 0 aromatic rings. The standard InChI is InChI=1S/C11H19NO3/c1-11(2)6-4-8(5-7-11)12(3)9(13)10(14)15/h8H,4-7H2,1-3H3,(H,14,15). The van der Waals surface area contributed by atoms with E-state index in [-0.39, 0.29) is 6.04 Å². The second-order valence-corrected chi connectivity index (χ2v) is 5.12. The highest BCUT2D eigenvalue weighted by Crippen LogP contribution is 2.36. The first kappa shape index (κ1) is 12.0. The maximum atomic E-state index is 11.2.